The summed E-state index contributed by atoms with van der Waals surface area (Å²) in [7, 11) is 0. The number of H-pyrrole nitrogens is 1. The molecule has 1 saturated heterocycles. The van der Waals surface area contributed by atoms with Gasteiger partial charge in [-0.25, -0.2) is 0 Å². The molecule has 1 aromatic heterocycles. The summed E-state index contributed by atoms with van der Waals surface area (Å²) in [6.45, 7) is 4.22. The van der Waals surface area contributed by atoms with Gasteiger partial charge in [0, 0.05) is 48.4 Å². The van der Waals surface area contributed by atoms with Crippen molar-refractivity contribution in [1.29, 1.82) is 0 Å². The minimum atomic E-state index is -0.367. The molecule has 2 heterocycles. The molecule has 0 unspecified atom stereocenters. The van der Waals surface area contributed by atoms with E-state index in [4.69, 9.17) is 4.74 Å². The van der Waals surface area contributed by atoms with Gasteiger partial charge in [0.2, 0.25) is 0 Å². The van der Waals surface area contributed by atoms with E-state index in [0.29, 0.717) is 0 Å². The number of nitro groups is 1. The number of hydrogen-bond donors (Lipinski definition) is 1. The molecule has 3 rings (SSSR count). The second-order valence-electron chi connectivity index (χ2n) is 4.71. The molecule has 1 fully saturated rings. The van der Waals surface area contributed by atoms with Gasteiger partial charge in [0.25, 0.3) is 5.69 Å². The number of non-ortho nitro benzene ring substituents is 1. The Hall–Kier alpha value is -1.92. The van der Waals surface area contributed by atoms with Gasteiger partial charge in [0.15, 0.2) is 0 Å². The number of rotatable bonds is 3. The SMILES string of the molecule is O=[N+]([O-])c1ccc2[nH]c(CN3CCOCC3)cc2c1. The van der Waals surface area contributed by atoms with Crippen LogP contribution in [0.2, 0.25) is 0 Å². The largest absolute Gasteiger partial charge is 0.379 e. The molecule has 100 valence electrons. The zero-order valence-electron chi connectivity index (χ0n) is 10.5. The summed E-state index contributed by atoms with van der Waals surface area (Å²) in [5.41, 5.74) is 2.15. The molecule has 1 N–H and O–H groups in total. The highest BCUT2D eigenvalue weighted by molar-refractivity contribution is 5.82. The van der Waals surface area contributed by atoms with Crippen LogP contribution in [-0.4, -0.2) is 41.1 Å². The van der Waals surface area contributed by atoms with Crippen LogP contribution in [-0.2, 0) is 11.3 Å². The summed E-state index contributed by atoms with van der Waals surface area (Å²) >= 11 is 0. The van der Waals surface area contributed by atoms with Crippen molar-refractivity contribution >= 4 is 16.6 Å². The van der Waals surface area contributed by atoms with Gasteiger partial charge in [0.1, 0.15) is 0 Å². The van der Waals surface area contributed by atoms with Gasteiger partial charge in [-0.05, 0) is 12.1 Å². The lowest BCUT2D eigenvalue weighted by atomic mass is 10.2. The second kappa shape index (κ2) is 4.99. The Kier molecular flexibility index (Phi) is 3.18. The van der Waals surface area contributed by atoms with E-state index in [1.54, 1.807) is 12.1 Å². The molecule has 2 aromatic rings. The normalized spacial score (nSPS) is 16.8. The van der Waals surface area contributed by atoms with E-state index in [9.17, 15) is 10.1 Å². The molecular weight excluding hydrogens is 246 g/mol. The number of aromatic amines is 1. The number of ether oxygens (including phenoxy) is 1. The Balaban J connectivity index is 1.82. The summed E-state index contributed by atoms with van der Waals surface area (Å²) < 4.78 is 5.31. The molecule has 6 nitrogen and oxygen atoms in total. The van der Waals surface area contributed by atoms with Crippen LogP contribution in [0.1, 0.15) is 5.69 Å². The summed E-state index contributed by atoms with van der Waals surface area (Å²) in [6, 6.07) is 6.88. The number of nitrogens with one attached hydrogen (secondary N) is 1. The average molecular weight is 261 g/mol. The minimum absolute atomic E-state index is 0.129. The summed E-state index contributed by atoms with van der Waals surface area (Å²) in [6.07, 6.45) is 0. The van der Waals surface area contributed by atoms with Crippen molar-refractivity contribution < 1.29 is 9.66 Å². The zero-order chi connectivity index (χ0) is 13.2. The molecule has 1 aliphatic rings. The number of fused-ring (bicyclic) bond motifs is 1. The predicted octanol–water partition coefficient (Wildman–Crippen LogP) is 1.91. The first kappa shape index (κ1) is 12.1. The molecule has 0 radical (unpaired) electrons. The molecule has 0 atom stereocenters. The standard InChI is InChI=1S/C13H15N3O3/c17-16(18)12-1-2-13-10(8-12)7-11(14-13)9-15-3-5-19-6-4-15/h1-2,7-8,14H,3-6,9H2. The molecule has 6 heteroatoms. The number of benzene rings is 1. The number of aromatic nitrogens is 1. The highest BCUT2D eigenvalue weighted by Gasteiger charge is 2.13. The first-order valence-corrected chi connectivity index (χ1v) is 6.28. The third kappa shape index (κ3) is 2.59. The third-order valence-corrected chi connectivity index (χ3v) is 3.37. The topological polar surface area (TPSA) is 71.4 Å². The summed E-state index contributed by atoms with van der Waals surface area (Å²) in [5, 5.41) is 11.6. The van der Waals surface area contributed by atoms with Gasteiger partial charge in [-0.15, -0.1) is 0 Å². The fraction of sp³-hybridized carbons (Fsp3) is 0.385. The van der Waals surface area contributed by atoms with E-state index in [0.717, 1.165) is 49.4 Å². The first-order valence-electron chi connectivity index (χ1n) is 6.28. The Labute approximate surface area is 110 Å². The van der Waals surface area contributed by atoms with Crippen LogP contribution in [0.15, 0.2) is 24.3 Å². The Morgan fingerprint density at radius 3 is 2.84 bits per heavy atom. The van der Waals surface area contributed by atoms with Crippen LogP contribution in [0, 0.1) is 10.1 Å². The van der Waals surface area contributed by atoms with Crippen molar-refractivity contribution in [1.82, 2.24) is 9.88 Å². The van der Waals surface area contributed by atoms with Crippen LogP contribution < -0.4 is 0 Å². The van der Waals surface area contributed by atoms with Gasteiger partial charge >= 0.3 is 0 Å². The van der Waals surface area contributed by atoms with E-state index < -0.39 is 0 Å². The van der Waals surface area contributed by atoms with Crippen molar-refractivity contribution in [3.63, 3.8) is 0 Å². The van der Waals surface area contributed by atoms with Gasteiger partial charge in [0.05, 0.1) is 18.1 Å². The number of morpholine rings is 1. The summed E-state index contributed by atoms with van der Waals surface area (Å²) in [4.78, 5) is 16.0. The van der Waals surface area contributed by atoms with Gasteiger partial charge < -0.3 is 9.72 Å². The molecule has 0 amide bonds. The second-order valence-corrected chi connectivity index (χ2v) is 4.71. The fourth-order valence-electron chi connectivity index (χ4n) is 2.38. The molecule has 0 spiro atoms. The number of nitrogens with zero attached hydrogens (tertiary/aromatic N) is 2. The van der Waals surface area contributed by atoms with Crippen LogP contribution in [0.3, 0.4) is 0 Å². The van der Waals surface area contributed by atoms with E-state index in [1.807, 2.05) is 6.07 Å². The van der Waals surface area contributed by atoms with Crippen LogP contribution in [0.25, 0.3) is 10.9 Å². The monoisotopic (exact) mass is 261 g/mol. The number of hydrogen-bond acceptors (Lipinski definition) is 4. The van der Waals surface area contributed by atoms with Crippen LogP contribution >= 0.6 is 0 Å². The smallest absolute Gasteiger partial charge is 0.270 e. The zero-order valence-corrected chi connectivity index (χ0v) is 10.5. The fourth-order valence-corrected chi connectivity index (χ4v) is 2.38. The molecular formula is C13H15N3O3. The molecule has 0 bridgehead atoms. The predicted molar refractivity (Wildman–Crippen MR) is 71.0 cm³/mol. The first-order chi connectivity index (χ1) is 9.22. The molecule has 0 saturated carbocycles. The molecule has 1 aliphatic heterocycles. The average Bonchev–Trinajstić information content (AvgIpc) is 2.80. The lowest BCUT2D eigenvalue weighted by molar-refractivity contribution is -0.384. The maximum absolute atomic E-state index is 10.7. The van der Waals surface area contributed by atoms with Crippen LogP contribution in [0.4, 0.5) is 5.69 Å². The maximum atomic E-state index is 10.7. The third-order valence-electron chi connectivity index (χ3n) is 3.37. The highest BCUT2D eigenvalue weighted by Crippen LogP contribution is 2.22. The Morgan fingerprint density at radius 1 is 1.32 bits per heavy atom. The number of nitro benzene ring substituents is 1. The van der Waals surface area contributed by atoms with Crippen molar-refractivity contribution in [3.8, 4) is 0 Å². The van der Waals surface area contributed by atoms with Gasteiger partial charge in [-0.3, -0.25) is 15.0 Å². The maximum Gasteiger partial charge on any atom is 0.270 e. The molecule has 1 aromatic carbocycles. The van der Waals surface area contributed by atoms with Crippen molar-refractivity contribution in [2.45, 2.75) is 6.54 Å². The highest BCUT2D eigenvalue weighted by atomic mass is 16.6. The van der Waals surface area contributed by atoms with E-state index in [2.05, 4.69) is 9.88 Å². The van der Waals surface area contributed by atoms with E-state index >= 15 is 0 Å². The lowest BCUT2D eigenvalue weighted by Crippen LogP contribution is -2.35. The molecule has 0 aliphatic carbocycles. The van der Waals surface area contributed by atoms with Crippen molar-refractivity contribution in [2.75, 3.05) is 26.3 Å². The van der Waals surface area contributed by atoms with Gasteiger partial charge in [-0.1, -0.05) is 0 Å². The van der Waals surface area contributed by atoms with E-state index in [1.165, 1.54) is 6.07 Å². The van der Waals surface area contributed by atoms with Crippen molar-refractivity contribution in [3.05, 3.63) is 40.1 Å². The van der Waals surface area contributed by atoms with Crippen LogP contribution in [0.5, 0.6) is 0 Å². The molecule has 19 heavy (non-hydrogen) atoms. The quantitative estimate of drug-likeness (QED) is 0.676. The Morgan fingerprint density at radius 2 is 2.11 bits per heavy atom. The van der Waals surface area contributed by atoms with Gasteiger partial charge in [-0.2, -0.15) is 0 Å². The van der Waals surface area contributed by atoms with Crippen molar-refractivity contribution in [2.24, 2.45) is 0 Å². The van der Waals surface area contributed by atoms with E-state index in [-0.39, 0.29) is 10.6 Å². The summed E-state index contributed by atoms with van der Waals surface area (Å²) in [5.74, 6) is 0. The minimum Gasteiger partial charge on any atom is -0.379 e. The lowest BCUT2D eigenvalue weighted by Gasteiger charge is -2.25. The Bertz CT molecular complexity index is 602.